The van der Waals surface area contributed by atoms with E-state index in [1.165, 1.54) is 50.9 Å². The second-order valence-corrected chi connectivity index (χ2v) is 6.23. The maximum Gasteiger partial charge on any atom is 0.187 e. The van der Waals surface area contributed by atoms with Crippen LogP contribution in [0.5, 0.6) is 0 Å². The highest BCUT2D eigenvalue weighted by Crippen LogP contribution is 2.20. The Morgan fingerprint density at radius 1 is 1.23 bits per heavy atom. The number of nitrogens with zero attached hydrogens (tertiary/aromatic N) is 2. The molecule has 0 unspecified atom stereocenters. The molecule has 2 fully saturated rings. The second kappa shape index (κ2) is 7.05. The Labute approximate surface area is 131 Å². The number of rotatable bonds is 5. The molecule has 0 bridgehead atoms. The number of hydrogen-bond acceptors (Lipinski definition) is 3. The first kappa shape index (κ1) is 15.2. The van der Waals surface area contributed by atoms with Crippen molar-refractivity contribution in [3.05, 3.63) is 47.9 Å². The van der Waals surface area contributed by atoms with Crippen LogP contribution in [0.2, 0.25) is 0 Å². The molecular weight excluding hydrogens is 279 g/mol. The number of carbonyl (C=O) groups is 1. The maximum atomic E-state index is 13.2. The fourth-order valence-electron chi connectivity index (χ4n) is 3.41. The Kier molecular flexibility index (Phi) is 4.88. The van der Waals surface area contributed by atoms with Gasteiger partial charge in [0.1, 0.15) is 5.82 Å². The van der Waals surface area contributed by atoms with E-state index in [1.807, 2.05) is 6.20 Å². The molecule has 2 aliphatic rings. The van der Waals surface area contributed by atoms with Crippen molar-refractivity contribution in [3.8, 4) is 0 Å². The molecule has 2 saturated heterocycles. The number of likely N-dealkylation sites (tertiary alicyclic amines) is 2. The summed E-state index contributed by atoms with van der Waals surface area (Å²) in [4.78, 5) is 16.9. The first-order valence-electron chi connectivity index (χ1n) is 8.18. The van der Waals surface area contributed by atoms with E-state index in [0.717, 1.165) is 13.1 Å². The van der Waals surface area contributed by atoms with Crippen LogP contribution < -0.4 is 0 Å². The molecule has 4 heteroatoms. The SMILES string of the molecule is O=C(C=CN1CCC[C@H]1CN1CCCC1)c1cccc(F)c1. The average molecular weight is 302 g/mol. The average Bonchev–Trinajstić information content (AvgIpc) is 3.17. The van der Waals surface area contributed by atoms with Crippen molar-refractivity contribution in [1.82, 2.24) is 9.80 Å². The van der Waals surface area contributed by atoms with Crippen LogP contribution in [0, 0.1) is 5.82 Å². The minimum absolute atomic E-state index is 0.133. The van der Waals surface area contributed by atoms with Gasteiger partial charge in [-0.25, -0.2) is 4.39 Å². The van der Waals surface area contributed by atoms with Crippen molar-refractivity contribution in [2.45, 2.75) is 31.7 Å². The van der Waals surface area contributed by atoms with Crippen LogP contribution in [-0.2, 0) is 0 Å². The number of ketones is 1. The highest BCUT2D eigenvalue weighted by atomic mass is 19.1. The fourth-order valence-corrected chi connectivity index (χ4v) is 3.41. The summed E-state index contributed by atoms with van der Waals surface area (Å²) < 4.78 is 13.2. The van der Waals surface area contributed by atoms with E-state index >= 15 is 0 Å². The van der Waals surface area contributed by atoms with E-state index in [1.54, 1.807) is 18.2 Å². The molecule has 0 amide bonds. The number of allylic oxidation sites excluding steroid dienone is 1. The zero-order valence-corrected chi connectivity index (χ0v) is 12.9. The molecule has 0 spiro atoms. The molecule has 2 aliphatic heterocycles. The smallest absolute Gasteiger partial charge is 0.187 e. The molecule has 1 aromatic rings. The Morgan fingerprint density at radius 3 is 2.82 bits per heavy atom. The molecule has 0 aromatic heterocycles. The molecule has 1 aromatic carbocycles. The molecule has 0 N–H and O–H groups in total. The van der Waals surface area contributed by atoms with Gasteiger partial charge in [0.15, 0.2) is 5.78 Å². The molecular formula is C18H23FN2O. The van der Waals surface area contributed by atoms with E-state index in [0.29, 0.717) is 11.6 Å². The van der Waals surface area contributed by atoms with Gasteiger partial charge in [-0.15, -0.1) is 0 Å². The Balaban J connectivity index is 1.59. The van der Waals surface area contributed by atoms with Gasteiger partial charge in [0.25, 0.3) is 0 Å². The number of carbonyl (C=O) groups excluding carboxylic acids is 1. The summed E-state index contributed by atoms with van der Waals surface area (Å²) in [5.74, 6) is -0.501. The number of halogens is 1. The summed E-state index contributed by atoms with van der Waals surface area (Å²) in [6.45, 7) is 4.51. The first-order chi connectivity index (χ1) is 10.7. The molecule has 22 heavy (non-hydrogen) atoms. The van der Waals surface area contributed by atoms with Gasteiger partial charge in [-0.2, -0.15) is 0 Å². The topological polar surface area (TPSA) is 23.6 Å². The van der Waals surface area contributed by atoms with Gasteiger partial charge in [-0.05, 0) is 50.9 Å². The van der Waals surface area contributed by atoms with Crippen molar-refractivity contribution in [2.75, 3.05) is 26.2 Å². The third-order valence-electron chi connectivity index (χ3n) is 4.62. The van der Waals surface area contributed by atoms with Gasteiger partial charge in [0.2, 0.25) is 0 Å². The minimum atomic E-state index is -0.368. The monoisotopic (exact) mass is 302 g/mol. The van der Waals surface area contributed by atoms with Crippen LogP contribution in [0.3, 0.4) is 0 Å². The lowest BCUT2D eigenvalue weighted by Crippen LogP contribution is -2.36. The summed E-state index contributed by atoms with van der Waals surface area (Å²) in [6.07, 6.45) is 8.46. The van der Waals surface area contributed by atoms with E-state index in [2.05, 4.69) is 9.80 Å². The Hall–Kier alpha value is -1.68. The molecule has 118 valence electrons. The standard InChI is InChI=1S/C18H23FN2O/c19-16-6-3-5-15(13-16)18(22)8-12-21-11-4-7-17(21)14-20-9-1-2-10-20/h3,5-6,8,12-13,17H,1-2,4,7,9-11,14H2/t17-/m0/s1. The fraction of sp³-hybridized carbons (Fsp3) is 0.500. The van der Waals surface area contributed by atoms with E-state index in [-0.39, 0.29) is 11.6 Å². The Morgan fingerprint density at radius 2 is 2.05 bits per heavy atom. The summed E-state index contributed by atoms with van der Waals surface area (Å²) in [7, 11) is 0. The third-order valence-corrected chi connectivity index (χ3v) is 4.62. The maximum absolute atomic E-state index is 13.2. The summed E-state index contributed by atoms with van der Waals surface area (Å²) in [5, 5.41) is 0. The second-order valence-electron chi connectivity index (χ2n) is 6.23. The van der Waals surface area contributed by atoms with Crippen LogP contribution in [0.25, 0.3) is 0 Å². The van der Waals surface area contributed by atoms with Gasteiger partial charge < -0.3 is 9.80 Å². The molecule has 0 radical (unpaired) electrons. The van der Waals surface area contributed by atoms with E-state index < -0.39 is 0 Å². The Bertz CT molecular complexity index is 552. The van der Waals surface area contributed by atoms with Crippen molar-refractivity contribution in [3.63, 3.8) is 0 Å². The quantitative estimate of drug-likeness (QED) is 0.617. The lowest BCUT2D eigenvalue weighted by molar-refractivity contribution is 0.104. The first-order valence-corrected chi connectivity index (χ1v) is 8.18. The minimum Gasteiger partial charge on any atom is -0.373 e. The molecule has 0 saturated carbocycles. The van der Waals surface area contributed by atoms with Gasteiger partial charge in [0.05, 0.1) is 0 Å². The third kappa shape index (κ3) is 3.74. The van der Waals surface area contributed by atoms with E-state index in [4.69, 9.17) is 0 Å². The number of hydrogen-bond donors (Lipinski definition) is 0. The van der Waals surface area contributed by atoms with Gasteiger partial charge >= 0.3 is 0 Å². The van der Waals surface area contributed by atoms with Crippen molar-refractivity contribution < 1.29 is 9.18 Å². The molecule has 1 atom stereocenters. The summed E-state index contributed by atoms with van der Waals surface area (Å²) >= 11 is 0. The van der Waals surface area contributed by atoms with E-state index in [9.17, 15) is 9.18 Å². The van der Waals surface area contributed by atoms with Gasteiger partial charge in [0, 0.05) is 37.0 Å². The zero-order chi connectivity index (χ0) is 15.4. The van der Waals surface area contributed by atoms with Crippen molar-refractivity contribution >= 4 is 5.78 Å². The lowest BCUT2D eigenvalue weighted by Gasteiger charge is -2.27. The summed E-state index contributed by atoms with van der Waals surface area (Å²) in [6, 6.07) is 6.38. The van der Waals surface area contributed by atoms with Crippen LogP contribution in [0.4, 0.5) is 4.39 Å². The summed E-state index contributed by atoms with van der Waals surface area (Å²) in [5.41, 5.74) is 0.409. The van der Waals surface area contributed by atoms with Crippen molar-refractivity contribution in [1.29, 1.82) is 0 Å². The van der Waals surface area contributed by atoms with Gasteiger partial charge in [-0.1, -0.05) is 12.1 Å². The normalized spacial score (nSPS) is 22.8. The molecule has 3 nitrogen and oxygen atoms in total. The zero-order valence-electron chi connectivity index (χ0n) is 12.9. The predicted molar refractivity (Wildman–Crippen MR) is 85.3 cm³/mol. The molecule has 2 heterocycles. The molecule has 0 aliphatic carbocycles. The van der Waals surface area contributed by atoms with Crippen LogP contribution in [-0.4, -0.2) is 47.8 Å². The van der Waals surface area contributed by atoms with Gasteiger partial charge in [-0.3, -0.25) is 4.79 Å². The largest absolute Gasteiger partial charge is 0.373 e. The highest BCUT2D eigenvalue weighted by Gasteiger charge is 2.25. The van der Waals surface area contributed by atoms with Crippen LogP contribution in [0.1, 0.15) is 36.0 Å². The highest BCUT2D eigenvalue weighted by molar-refractivity contribution is 6.04. The number of benzene rings is 1. The van der Waals surface area contributed by atoms with Crippen molar-refractivity contribution in [2.24, 2.45) is 0 Å². The molecule has 3 rings (SSSR count). The van der Waals surface area contributed by atoms with Crippen LogP contribution in [0.15, 0.2) is 36.5 Å². The lowest BCUT2D eigenvalue weighted by atomic mass is 10.1. The predicted octanol–water partition coefficient (Wildman–Crippen LogP) is 3.08. The van der Waals surface area contributed by atoms with Crippen LogP contribution >= 0.6 is 0 Å².